The van der Waals surface area contributed by atoms with E-state index in [0.29, 0.717) is 28.1 Å². The fourth-order valence-electron chi connectivity index (χ4n) is 8.60. The first-order valence-electron chi connectivity index (χ1n) is 27.0. The van der Waals surface area contributed by atoms with E-state index in [1.54, 1.807) is 60.9 Å². The highest BCUT2D eigenvalue weighted by Crippen LogP contribution is 2.31. The molecule has 0 spiro atoms. The molecule has 0 aliphatic heterocycles. The van der Waals surface area contributed by atoms with Crippen LogP contribution in [0.15, 0.2) is 243 Å². The molecule has 10 rings (SSSR count). The number of rotatable bonds is 12. The van der Waals surface area contributed by atoms with Gasteiger partial charge in [0.25, 0.3) is 11.8 Å². The molecule has 0 aliphatic rings. The number of nitrogen functional groups attached to an aromatic ring is 1. The van der Waals surface area contributed by atoms with Gasteiger partial charge in [-0.2, -0.15) is 0 Å². The molecule has 5 N–H and O–H groups in total. The largest absolute Gasteiger partial charge is 0.478 e. The molecular formula is C71H63N5O8. The van der Waals surface area contributed by atoms with Gasteiger partial charge in [0.1, 0.15) is 11.2 Å². The molecule has 8 aromatic carbocycles. The van der Waals surface area contributed by atoms with Gasteiger partial charge in [0.2, 0.25) is 0 Å². The van der Waals surface area contributed by atoms with Crippen LogP contribution in [-0.2, 0) is 9.47 Å². The molecule has 0 bridgehead atoms. The number of carbonyl (C=O) groups excluding carboxylic acids is 4. The van der Waals surface area contributed by atoms with Crippen LogP contribution in [-0.4, -0.2) is 56.0 Å². The van der Waals surface area contributed by atoms with E-state index in [0.717, 1.165) is 55.6 Å². The summed E-state index contributed by atoms with van der Waals surface area (Å²) in [7, 11) is 0. The number of ether oxygens (including phenoxy) is 2. The van der Waals surface area contributed by atoms with Gasteiger partial charge in [-0.1, -0.05) is 170 Å². The van der Waals surface area contributed by atoms with Crippen molar-refractivity contribution in [1.29, 1.82) is 0 Å². The second-order valence-electron chi connectivity index (χ2n) is 21.3. The van der Waals surface area contributed by atoms with Gasteiger partial charge in [0.05, 0.1) is 39.2 Å². The van der Waals surface area contributed by atoms with E-state index in [2.05, 4.69) is 20.6 Å². The van der Waals surface area contributed by atoms with Crippen LogP contribution in [0.4, 0.5) is 17.1 Å². The number of carbonyl (C=O) groups is 5. The van der Waals surface area contributed by atoms with Crippen molar-refractivity contribution in [3.63, 3.8) is 0 Å². The molecule has 0 fully saturated rings. The first kappa shape index (κ1) is 59.3. The lowest BCUT2D eigenvalue weighted by molar-refractivity contribution is 0.00581. The van der Waals surface area contributed by atoms with Crippen LogP contribution in [0.1, 0.15) is 93.3 Å². The molecule has 2 heterocycles. The molecule has 10 aromatic rings. The fourth-order valence-corrected chi connectivity index (χ4v) is 8.60. The predicted octanol–water partition coefficient (Wildman–Crippen LogP) is 15.9. The number of aromatic nitrogens is 2. The molecule has 0 saturated carbocycles. The number of esters is 2. The summed E-state index contributed by atoms with van der Waals surface area (Å²) in [6.45, 7) is 10.9. The zero-order valence-corrected chi connectivity index (χ0v) is 47.4. The normalized spacial score (nSPS) is 10.8. The Morgan fingerprint density at radius 2 is 0.679 bits per heavy atom. The highest BCUT2D eigenvalue weighted by molar-refractivity contribution is 6.10. The number of nitrogens with two attached hydrogens (primary N) is 1. The summed E-state index contributed by atoms with van der Waals surface area (Å²) in [5.74, 6) is -2.79. The number of nitrogens with one attached hydrogen (secondary N) is 2. The number of amides is 2. The number of benzene rings is 8. The Hall–Kier alpha value is -10.8. The molecule has 420 valence electrons. The van der Waals surface area contributed by atoms with Gasteiger partial charge in [-0.05, 0) is 135 Å². The number of hydrogen-bond donors (Lipinski definition) is 4. The minimum Gasteiger partial charge on any atom is -0.478 e. The Morgan fingerprint density at radius 3 is 1.02 bits per heavy atom. The SMILES string of the molecule is CC(C)(C)OC(=O)c1ccc(-c2ccccc2)cc1N.CC(C)(C)OC(=O)c1ccc(-c2ccccc2)cc1NC(=O)c1cncc(-c2ccccc2)c1.O=C(Nc1cc(-c2ccccc2)ccc1C(=O)O)c1cncc(-c2ccccc2)c1. The first-order valence-corrected chi connectivity index (χ1v) is 27.0. The molecule has 0 saturated heterocycles. The minimum absolute atomic E-state index is 0.0233. The summed E-state index contributed by atoms with van der Waals surface area (Å²) >= 11 is 0. The molecule has 13 nitrogen and oxygen atoms in total. The molecule has 2 amide bonds. The van der Waals surface area contributed by atoms with Crippen molar-refractivity contribution in [3.05, 3.63) is 271 Å². The summed E-state index contributed by atoms with van der Waals surface area (Å²) in [5.41, 5.74) is 16.5. The summed E-state index contributed by atoms with van der Waals surface area (Å²) in [6.07, 6.45) is 6.37. The van der Waals surface area contributed by atoms with E-state index >= 15 is 0 Å². The maximum atomic E-state index is 13.2. The van der Waals surface area contributed by atoms with Gasteiger partial charge in [0.15, 0.2) is 0 Å². The van der Waals surface area contributed by atoms with Crippen LogP contribution in [0, 0.1) is 0 Å². The fraction of sp³-hybridized carbons (Fsp3) is 0.113. The highest BCUT2D eigenvalue weighted by Gasteiger charge is 2.24. The molecule has 2 aromatic heterocycles. The van der Waals surface area contributed by atoms with Crippen LogP contribution in [0.5, 0.6) is 0 Å². The van der Waals surface area contributed by atoms with E-state index in [4.69, 9.17) is 15.2 Å². The Balaban J connectivity index is 0.000000170. The van der Waals surface area contributed by atoms with Gasteiger partial charge in [-0.25, -0.2) is 14.4 Å². The third-order valence-electron chi connectivity index (χ3n) is 12.6. The van der Waals surface area contributed by atoms with Gasteiger partial charge in [0, 0.05) is 41.6 Å². The Kier molecular flexibility index (Phi) is 19.2. The predicted molar refractivity (Wildman–Crippen MR) is 333 cm³/mol. The zero-order valence-electron chi connectivity index (χ0n) is 47.4. The van der Waals surface area contributed by atoms with Crippen molar-refractivity contribution >= 4 is 46.8 Å². The average Bonchev–Trinajstić information content (AvgIpc) is 3.55. The number of carboxylic acids is 1. The lowest BCUT2D eigenvalue weighted by atomic mass is 10.0. The van der Waals surface area contributed by atoms with Crippen molar-refractivity contribution in [1.82, 2.24) is 9.97 Å². The van der Waals surface area contributed by atoms with Gasteiger partial charge in [-0.3, -0.25) is 19.6 Å². The van der Waals surface area contributed by atoms with Crippen molar-refractivity contribution in [3.8, 4) is 55.6 Å². The van der Waals surface area contributed by atoms with E-state index < -0.39 is 35.0 Å². The van der Waals surface area contributed by atoms with Crippen molar-refractivity contribution < 1.29 is 38.6 Å². The second kappa shape index (κ2) is 27.1. The van der Waals surface area contributed by atoms with E-state index in [1.165, 1.54) is 18.5 Å². The monoisotopic (exact) mass is 1110 g/mol. The Labute approximate surface area is 488 Å². The van der Waals surface area contributed by atoms with Crippen molar-refractivity contribution in [2.45, 2.75) is 52.7 Å². The second-order valence-corrected chi connectivity index (χ2v) is 21.3. The number of nitrogens with zero attached hydrogens (tertiary/aromatic N) is 2. The van der Waals surface area contributed by atoms with Crippen LogP contribution in [0.25, 0.3) is 55.6 Å². The van der Waals surface area contributed by atoms with Crippen LogP contribution in [0.3, 0.4) is 0 Å². The third-order valence-corrected chi connectivity index (χ3v) is 12.6. The molecule has 0 radical (unpaired) electrons. The van der Waals surface area contributed by atoms with Crippen molar-refractivity contribution in [2.75, 3.05) is 16.4 Å². The topological polar surface area (TPSA) is 200 Å². The standard InChI is InChI=1S/C29H26N2O3.C25H18N2O3.C17H19NO2/c1-29(2,3)34-28(33)25-15-14-22(20-10-6-4-7-11-20)17-26(25)31-27(32)24-16-23(18-30-19-24)21-12-8-5-9-13-21;28-24(21-13-20(15-26-16-21)18-9-5-2-6-10-18)27-23-14-19(11-12-22(23)25(29)30)17-7-3-1-4-8-17;1-17(2,3)20-16(19)14-10-9-13(11-15(14)18)12-7-5-4-6-8-12/h4-19H,1-3H3,(H,31,32);1-16H,(H,27,28)(H,29,30);4-11H,18H2,1-3H3. The Bertz CT molecular complexity index is 3920. The summed E-state index contributed by atoms with van der Waals surface area (Å²) < 4.78 is 10.9. The summed E-state index contributed by atoms with van der Waals surface area (Å²) in [4.78, 5) is 71.1. The number of aromatic carboxylic acids is 1. The number of carboxylic acid groups (broad SMARTS) is 1. The number of hydrogen-bond acceptors (Lipinski definition) is 10. The maximum Gasteiger partial charge on any atom is 0.340 e. The lowest BCUT2D eigenvalue weighted by Crippen LogP contribution is -2.25. The third kappa shape index (κ3) is 16.4. The van der Waals surface area contributed by atoms with E-state index in [9.17, 15) is 29.1 Å². The van der Waals surface area contributed by atoms with Crippen molar-refractivity contribution in [2.24, 2.45) is 0 Å². The zero-order chi connectivity index (χ0) is 59.8. The van der Waals surface area contributed by atoms with Crippen LogP contribution in [0.2, 0.25) is 0 Å². The smallest absolute Gasteiger partial charge is 0.340 e. The average molecular weight is 1110 g/mol. The lowest BCUT2D eigenvalue weighted by Gasteiger charge is -2.21. The van der Waals surface area contributed by atoms with Crippen LogP contribution < -0.4 is 16.4 Å². The maximum absolute atomic E-state index is 13.2. The Morgan fingerprint density at radius 1 is 0.369 bits per heavy atom. The molecule has 84 heavy (non-hydrogen) atoms. The molecule has 0 unspecified atom stereocenters. The van der Waals surface area contributed by atoms with Crippen LogP contribution >= 0.6 is 0 Å². The summed E-state index contributed by atoms with van der Waals surface area (Å²) in [6, 6.07) is 67.7. The molecule has 13 heteroatoms. The van der Waals surface area contributed by atoms with E-state index in [1.807, 2.05) is 205 Å². The van der Waals surface area contributed by atoms with E-state index in [-0.39, 0.29) is 22.7 Å². The van der Waals surface area contributed by atoms with Gasteiger partial charge < -0.3 is 30.9 Å². The van der Waals surface area contributed by atoms with Gasteiger partial charge >= 0.3 is 17.9 Å². The first-order chi connectivity index (χ1) is 40.3. The number of anilines is 3. The quantitative estimate of drug-likeness (QED) is 0.0670. The molecule has 0 atom stereocenters. The summed E-state index contributed by atoms with van der Waals surface area (Å²) in [5, 5.41) is 15.2. The van der Waals surface area contributed by atoms with Gasteiger partial charge in [-0.15, -0.1) is 0 Å². The number of pyridine rings is 2. The highest BCUT2D eigenvalue weighted by atomic mass is 16.6. The minimum atomic E-state index is -1.11. The molecular weight excluding hydrogens is 1050 g/mol. The molecule has 0 aliphatic carbocycles.